The zero-order chi connectivity index (χ0) is 23.5. The standard InChI is InChI=1S/C23H32N3O5S/c1-16-13-22(31-4)17(2)18(3)23(16)32(29,30)24-10-5-6-11-25-12-9-19-7-8-21(26(27)28)14-20(19)15-25/h7-8,13-14,24H,5-6,9-12,15H2,1-4H3,(H,27,28)/q+1. The first-order valence-electron chi connectivity index (χ1n) is 10.8. The Morgan fingerprint density at radius 2 is 1.88 bits per heavy atom. The van der Waals surface area contributed by atoms with Crippen molar-refractivity contribution in [3.05, 3.63) is 57.0 Å². The van der Waals surface area contributed by atoms with Crippen LogP contribution in [-0.2, 0) is 23.0 Å². The molecule has 3 rings (SSSR count). The van der Waals surface area contributed by atoms with Gasteiger partial charge < -0.3 is 4.74 Å². The summed E-state index contributed by atoms with van der Waals surface area (Å²) in [5.74, 6) is 0.691. The second-order valence-electron chi connectivity index (χ2n) is 8.33. The third kappa shape index (κ3) is 5.28. The van der Waals surface area contributed by atoms with E-state index in [1.165, 1.54) is 5.56 Å². The number of sulfonamides is 1. The number of fused-ring (bicyclic) bond motifs is 1. The minimum Gasteiger partial charge on any atom is -0.496 e. The molecule has 2 N–H and O–H groups in total. The summed E-state index contributed by atoms with van der Waals surface area (Å²) in [6.07, 6.45) is 2.47. The van der Waals surface area contributed by atoms with Crippen molar-refractivity contribution in [2.24, 2.45) is 0 Å². The third-order valence-corrected chi connectivity index (χ3v) is 7.91. The van der Waals surface area contributed by atoms with E-state index in [9.17, 15) is 13.3 Å². The summed E-state index contributed by atoms with van der Waals surface area (Å²) in [7, 11) is -2.02. The van der Waals surface area contributed by atoms with Crippen LogP contribution in [-0.4, -0.2) is 50.2 Å². The summed E-state index contributed by atoms with van der Waals surface area (Å²) in [6, 6.07) is 7.01. The van der Waals surface area contributed by atoms with Gasteiger partial charge in [-0.3, -0.25) is 4.90 Å². The van der Waals surface area contributed by atoms with E-state index in [0.717, 1.165) is 43.5 Å². The van der Waals surface area contributed by atoms with Gasteiger partial charge in [-0.25, -0.2) is 18.3 Å². The van der Waals surface area contributed by atoms with Gasteiger partial charge in [-0.05, 0) is 80.5 Å². The molecule has 0 aliphatic carbocycles. The summed E-state index contributed by atoms with van der Waals surface area (Å²) in [6.45, 7) is 8.30. The first-order valence-corrected chi connectivity index (χ1v) is 12.3. The van der Waals surface area contributed by atoms with Crippen molar-refractivity contribution in [2.45, 2.75) is 51.5 Å². The van der Waals surface area contributed by atoms with E-state index in [4.69, 9.17) is 9.94 Å². The lowest BCUT2D eigenvalue weighted by Crippen LogP contribution is -2.32. The Labute approximate surface area is 189 Å². The highest BCUT2D eigenvalue weighted by Gasteiger charge is 2.23. The van der Waals surface area contributed by atoms with Crippen molar-refractivity contribution in [3.63, 3.8) is 0 Å². The van der Waals surface area contributed by atoms with Crippen LogP contribution in [0.2, 0.25) is 0 Å². The molecule has 0 saturated carbocycles. The molecule has 8 nitrogen and oxygen atoms in total. The number of rotatable bonds is 9. The van der Waals surface area contributed by atoms with Gasteiger partial charge in [0.1, 0.15) is 5.75 Å². The Kier molecular flexibility index (Phi) is 7.53. The maximum absolute atomic E-state index is 12.9. The first kappa shape index (κ1) is 24.2. The van der Waals surface area contributed by atoms with E-state index in [-0.39, 0.29) is 10.6 Å². The van der Waals surface area contributed by atoms with Crippen LogP contribution in [0.25, 0.3) is 0 Å². The summed E-state index contributed by atoms with van der Waals surface area (Å²) >= 11 is 0. The van der Waals surface area contributed by atoms with Crippen molar-refractivity contribution in [3.8, 4) is 5.75 Å². The second-order valence-corrected chi connectivity index (χ2v) is 10.0. The lowest BCUT2D eigenvalue weighted by atomic mass is 9.99. The zero-order valence-corrected chi connectivity index (χ0v) is 20.0. The van der Waals surface area contributed by atoms with Gasteiger partial charge in [0, 0.05) is 31.8 Å². The number of nitrogens with zero attached hydrogens (tertiary/aromatic N) is 2. The number of aryl methyl sites for hydroxylation is 1. The molecule has 0 atom stereocenters. The Balaban J connectivity index is 1.52. The van der Waals surface area contributed by atoms with E-state index in [1.807, 2.05) is 19.9 Å². The molecule has 1 heterocycles. The molecule has 32 heavy (non-hydrogen) atoms. The van der Waals surface area contributed by atoms with Crippen LogP contribution in [0.4, 0.5) is 5.69 Å². The van der Waals surface area contributed by atoms with E-state index < -0.39 is 10.0 Å². The Bertz CT molecular complexity index is 1120. The number of unbranched alkanes of at least 4 members (excludes halogenated alkanes) is 1. The summed E-state index contributed by atoms with van der Waals surface area (Å²) in [4.78, 5) is 13.6. The molecule has 0 bridgehead atoms. The van der Waals surface area contributed by atoms with Gasteiger partial charge in [-0.15, -0.1) is 0 Å². The van der Waals surface area contributed by atoms with Crippen LogP contribution >= 0.6 is 0 Å². The van der Waals surface area contributed by atoms with Crippen molar-refractivity contribution in [1.82, 2.24) is 9.62 Å². The fraction of sp³-hybridized carbons (Fsp3) is 0.478. The molecule has 1 aliphatic heterocycles. The average Bonchev–Trinajstić information content (AvgIpc) is 2.75. The largest absolute Gasteiger partial charge is 0.496 e. The second kappa shape index (κ2) is 9.97. The van der Waals surface area contributed by atoms with E-state index in [0.29, 0.717) is 34.9 Å². The van der Waals surface area contributed by atoms with Gasteiger partial charge in [-0.2, -0.15) is 0 Å². The molecule has 0 saturated heterocycles. The lowest BCUT2D eigenvalue weighted by Gasteiger charge is -2.28. The normalized spacial score (nSPS) is 14.2. The molecule has 0 fully saturated rings. The highest BCUT2D eigenvalue weighted by Crippen LogP contribution is 2.30. The number of benzene rings is 2. The maximum atomic E-state index is 12.9. The summed E-state index contributed by atoms with van der Waals surface area (Å²) in [5, 5.41) is 9.12. The van der Waals surface area contributed by atoms with Gasteiger partial charge >= 0.3 is 5.69 Å². The van der Waals surface area contributed by atoms with Gasteiger partial charge in [0.25, 0.3) is 4.92 Å². The average molecular weight is 463 g/mol. The van der Waals surface area contributed by atoms with Gasteiger partial charge in [0.2, 0.25) is 10.0 Å². The summed E-state index contributed by atoms with van der Waals surface area (Å²) in [5.41, 5.74) is 4.68. The minimum atomic E-state index is -3.60. The third-order valence-electron chi connectivity index (χ3n) is 6.16. The van der Waals surface area contributed by atoms with Crippen molar-refractivity contribution < 1.29 is 23.3 Å². The quantitative estimate of drug-likeness (QED) is 0.437. The fourth-order valence-corrected chi connectivity index (χ4v) is 5.89. The molecule has 1 aliphatic rings. The Morgan fingerprint density at radius 1 is 1.12 bits per heavy atom. The first-order chi connectivity index (χ1) is 15.1. The fourth-order valence-electron chi connectivity index (χ4n) is 4.30. The van der Waals surface area contributed by atoms with Crippen molar-refractivity contribution in [2.75, 3.05) is 26.7 Å². The monoisotopic (exact) mass is 462 g/mol. The highest BCUT2D eigenvalue weighted by atomic mass is 32.2. The molecule has 0 radical (unpaired) electrons. The number of ether oxygens (including phenoxy) is 1. The maximum Gasteiger partial charge on any atom is 0.316 e. The molecular weight excluding hydrogens is 430 g/mol. The number of nitrogens with one attached hydrogen (secondary N) is 1. The molecule has 2 aromatic carbocycles. The van der Waals surface area contributed by atoms with E-state index >= 15 is 0 Å². The summed E-state index contributed by atoms with van der Waals surface area (Å²) < 4.78 is 33.9. The molecule has 0 unspecified atom stereocenters. The van der Waals surface area contributed by atoms with Gasteiger partial charge in [0.15, 0.2) is 0 Å². The number of hydrogen-bond donors (Lipinski definition) is 2. The van der Waals surface area contributed by atoms with E-state index in [1.54, 1.807) is 32.2 Å². The Hall–Kier alpha value is -2.49. The number of hydrogen-bond acceptors (Lipinski definition) is 5. The van der Waals surface area contributed by atoms with Crippen molar-refractivity contribution >= 4 is 15.7 Å². The predicted molar refractivity (Wildman–Crippen MR) is 122 cm³/mol. The molecule has 174 valence electrons. The van der Waals surface area contributed by atoms with Crippen LogP contribution in [0.1, 0.15) is 40.7 Å². The zero-order valence-electron chi connectivity index (χ0n) is 19.1. The molecule has 2 aromatic rings. The van der Waals surface area contributed by atoms with Crippen LogP contribution in [0, 0.1) is 25.7 Å². The van der Waals surface area contributed by atoms with Gasteiger partial charge in [0.05, 0.1) is 16.9 Å². The van der Waals surface area contributed by atoms with Gasteiger partial charge in [-0.1, -0.05) is 6.07 Å². The molecule has 9 heteroatoms. The predicted octanol–water partition coefficient (Wildman–Crippen LogP) is 3.54. The van der Waals surface area contributed by atoms with E-state index in [2.05, 4.69) is 9.62 Å². The Morgan fingerprint density at radius 3 is 2.56 bits per heavy atom. The molecule has 0 aromatic heterocycles. The van der Waals surface area contributed by atoms with Crippen LogP contribution < -0.4 is 9.46 Å². The topological polar surface area (TPSA) is 99.0 Å². The minimum absolute atomic E-state index is 0.112. The van der Waals surface area contributed by atoms with Crippen molar-refractivity contribution in [1.29, 1.82) is 0 Å². The SMILES string of the molecule is COc1cc(C)c(S(=O)(=O)NCCCCN2CCc3ccc([N+](=O)O)cc3C2)c(C)c1C. The van der Waals surface area contributed by atoms with Crippen LogP contribution in [0.3, 0.4) is 0 Å². The smallest absolute Gasteiger partial charge is 0.316 e. The van der Waals surface area contributed by atoms with Crippen LogP contribution in [0.15, 0.2) is 29.2 Å². The molecule has 0 amide bonds. The lowest BCUT2D eigenvalue weighted by molar-refractivity contribution is -0.729. The van der Waals surface area contributed by atoms with Crippen LogP contribution in [0.5, 0.6) is 5.75 Å². The molecular formula is C23H32N3O5S+. The number of methoxy groups -OCH3 is 1. The highest BCUT2D eigenvalue weighted by molar-refractivity contribution is 7.89. The molecule has 0 spiro atoms.